The lowest BCUT2D eigenvalue weighted by Gasteiger charge is -2.30. The number of hydrogen-bond acceptors (Lipinski definition) is 2. The predicted octanol–water partition coefficient (Wildman–Crippen LogP) is 2.32. The summed E-state index contributed by atoms with van der Waals surface area (Å²) in [6, 6.07) is 6.03. The summed E-state index contributed by atoms with van der Waals surface area (Å²) >= 11 is 3.49. The van der Waals surface area contributed by atoms with E-state index in [0.717, 1.165) is 41.5 Å². The molecule has 1 aromatic carbocycles. The molecule has 4 heteroatoms. The Morgan fingerprint density at radius 3 is 2.71 bits per heavy atom. The van der Waals surface area contributed by atoms with Gasteiger partial charge in [-0.25, -0.2) is 0 Å². The molecule has 1 aliphatic heterocycles. The quantitative estimate of drug-likeness (QED) is 0.864. The van der Waals surface area contributed by atoms with E-state index in [-0.39, 0.29) is 11.9 Å². The maximum atomic E-state index is 12.3. The van der Waals surface area contributed by atoms with E-state index in [1.165, 1.54) is 0 Å². The van der Waals surface area contributed by atoms with E-state index >= 15 is 0 Å². The number of hydrogen-bond donors (Lipinski definition) is 1. The van der Waals surface area contributed by atoms with Crippen molar-refractivity contribution in [2.75, 3.05) is 13.1 Å². The Kier molecular flexibility index (Phi) is 3.84. The molecule has 0 spiro atoms. The molecule has 2 rings (SSSR count). The predicted molar refractivity (Wildman–Crippen MR) is 72.0 cm³/mol. The number of amides is 1. The smallest absolute Gasteiger partial charge is 0.255 e. The Balaban J connectivity index is 2.17. The number of nitrogens with zero attached hydrogens (tertiary/aromatic N) is 1. The maximum absolute atomic E-state index is 12.3. The highest BCUT2D eigenvalue weighted by atomic mass is 79.9. The fourth-order valence-corrected chi connectivity index (χ4v) is 2.52. The van der Waals surface area contributed by atoms with Crippen LogP contribution in [0.3, 0.4) is 0 Å². The highest BCUT2D eigenvalue weighted by Crippen LogP contribution is 2.23. The van der Waals surface area contributed by atoms with E-state index in [2.05, 4.69) is 15.9 Å². The largest absolute Gasteiger partial charge is 0.338 e. The van der Waals surface area contributed by atoms with E-state index in [4.69, 9.17) is 5.73 Å². The van der Waals surface area contributed by atoms with Crippen LogP contribution in [0.4, 0.5) is 0 Å². The fourth-order valence-electron chi connectivity index (χ4n) is 2.09. The fraction of sp³-hybridized carbons (Fsp3) is 0.462. The van der Waals surface area contributed by atoms with Crippen LogP contribution in [0.5, 0.6) is 0 Å². The SMILES string of the molecule is Cc1cccc(C(=O)N2CCC(N)CC2)c1Br. The molecule has 1 saturated heterocycles. The van der Waals surface area contributed by atoms with E-state index in [1.807, 2.05) is 30.0 Å². The summed E-state index contributed by atoms with van der Waals surface area (Å²) in [4.78, 5) is 14.2. The molecular weight excluding hydrogens is 280 g/mol. The van der Waals surface area contributed by atoms with Gasteiger partial charge >= 0.3 is 0 Å². The van der Waals surface area contributed by atoms with Gasteiger partial charge in [-0.2, -0.15) is 0 Å². The molecule has 0 radical (unpaired) electrons. The number of halogens is 1. The zero-order chi connectivity index (χ0) is 12.4. The molecule has 2 N–H and O–H groups in total. The minimum absolute atomic E-state index is 0.104. The third-order valence-corrected chi connectivity index (χ3v) is 4.30. The second-order valence-corrected chi connectivity index (χ2v) is 5.36. The lowest BCUT2D eigenvalue weighted by atomic mass is 10.0. The summed E-state index contributed by atoms with van der Waals surface area (Å²) in [5.74, 6) is 0.104. The van der Waals surface area contributed by atoms with Crippen LogP contribution in [0, 0.1) is 6.92 Å². The minimum Gasteiger partial charge on any atom is -0.338 e. The van der Waals surface area contributed by atoms with Crippen molar-refractivity contribution >= 4 is 21.8 Å². The zero-order valence-corrected chi connectivity index (χ0v) is 11.5. The standard InChI is InChI=1S/C13H17BrN2O/c1-9-3-2-4-11(12(9)14)13(17)16-7-5-10(15)6-8-16/h2-4,10H,5-8,15H2,1H3. The first-order chi connectivity index (χ1) is 8.09. The summed E-state index contributed by atoms with van der Waals surface area (Å²) in [7, 11) is 0. The Morgan fingerprint density at radius 2 is 2.06 bits per heavy atom. The van der Waals surface area contributed by atoms with Gasteiger partial charge in [-0.15, -0.1) is 0 Å². The van der Waals surface area contributed by atoms with Gasteiger partial charge in [0, 0.05) is 23.6 Å². The second-order valence-electron chi connectivity index (χ2n) is 4.57. The third kappa shape index (κ3) is 2.69. The molecule has 0 atom stereocenters. The van der Waals surface area contributed by atoms with Crippen LogP contribution >= 0.6 is 15.9 Å². The maximum Gasteiger partial charge on any atom is 0.255 e. The van der Waals surface area contributed by atoms with Gasteiger partial charge in [-0.05, 0) is 47.3 Å². The summed E-state index contributed by atoms with van der Waals surface area (Å²) in [6.07, 6.45) is 1.80. The molecule has 0 unspecified atom stereocenters. The Hall–Kier alpha value is -0.870. The van der Waals surface area contributed by atoms with Crippen LogP contribution in [0.1, 0.15) is 28.8 Å². The number of piperidine rings is 1. The van der Waals surface area contributed by atoms with Crippen molar-refractivity contribution < 1.29 is 4.79 Å². The Bertz CT molecular complexity index is 425. The number of benzene rings is 1. The van der Waals surface area contributed by atoms with Crippen molar-refractivity contribution in [1.29, 1.82) is 0 Å². The molecule has 0 aromatic heterocycles. The first-order valence-corrected chi connectivity index (χ1v) is 6.69. The average molecular weight is 297 g/mol. The van der Waals surface area contributed by atoms with Gasteiger partial charge < -0.3 is 10.6 Å². The normalized spacial score (nSPS) is 17.2. The number of rotatable bonds is 1. The number of carbonyl (C=O) groups excluding carboxylic acids is 1. The highest BCUT2D eigenvalue weighted by molar-refractivity contribution is 9.10. The lowest BCUT2D eigenvalue weighted by Crippen LogP contribution is -2.42. The Morgan fingerprint density at radius 1 is 1.41 bits per heavy atom. The summed E-state index contributed by atoms with van der Waals surface area (Å²) < 4.78 is 0.903. The van der Waals surface area contributed by atoms with Gasteiger partial charge in [0.25, 0.3) is 5.91 Å². The van der Waals surface area contributed by atoms with Crippen molar-refractivity contribution in [3.63, 3.8) is 0 Å². The topological polar surface area (TPSA) is 46.3 Å². The number of carbonyl (C=O) groups is 1. The molecule has 1 fully saturated rings. The second kappa shape index (κ2) is 5.19. The molecule has 0 saturated carbocycles. The van der Waals surface area contributed by atoms with Crippen molar-refractivity contribution in [2.24, 2.45) is 5.73 Å². The molecule has 0 bridgehead atoms. The first-order valence-electron chi connectivity index (χ1n) is 5.89. The number of nitrogens with two attached hydrogens (primary N) is 1. The summed E-state index contributed by atoms with van der Waals surface area (Å²) in [6.45, 7) is 3.52. The Labute approximate surface area is 110 Å². The number of aryl methyl sites for hydroxylation is 1. The van der Waals surface area contributed by atoms with Gasteiger partial charge in [0.2, 0.25) is 0 Å². The molecule has 1 heterocycles. The highest BCUT2D eigenvalue weighted by Gasteiger charge is 2.23. The van der Waals surface area contributed by atoms with E-state index in [1.54, 1.807) is 0 Å². The van der Waals surface area contributed by atoms with Crippen molar-refractivity contribution in [1.82, 2.24) is 4.90 Å². The molecule has 1 amide bonds. The first kappa shape index (κ1) is 12.6. The van der Waals surface area contributed by atoms with Crippen molar-refractivity contribution in [3.8, 4) is 0 Å². The molecule has 0 aliphatic carbocycles. The van der Waals surface area contributed by atoms with Gasteiger partial charge in [0.15, 0.2) is 0 Å². The van der Waals surface area contributed by atoms with Crippen LogP contribution in [-0.2, 0) is 0 Å². The monoisotopic (exact) mass is 296 g/mol. The van der Waals surface area contributed by atoms with Crippen molar-refractivity contribution in [3.05, 3.63) is 33.8 Å². The van der Waals surface area contributed by atoms with Gasteiger partial charge in [-0.3, -0.25) is 4.79 Å². The molecule has 92 valence electrons. The molecule has 1 aliphatic rings. The number of likely N-dealkylation sites (tertiary alicyclic amines) is 1. The molecular formula is C13H17BrN2O. The molecule has 1 aromatic rings. The van der Waals surface area contributed by atoms with Crippen LogP contribution in [0.25, 0.3) is 0 Å². The van der Waals surface area contributed by atoms with Gasteiger partial charge in [0.1, 0.15) is 0 Å². The van der Waals surface area contributed by atoms with Crippen LogP contribution in [0.2, 0.25) is 0 Å². The van der Waals surface area contributed by atoms with Crippen LogP contribution in [0.15, 0.2) is 22.7 Å². The van der Waals surface area contributed by atoms with E-state index < -0.39 is 0 Å². The summed E-state index contributed by atoms with van der Waals surface area (Å²) in [5.41, 5.74) is 7.68. The van der Waals surface area contributed by atoms with E-state index in [9.17, 15) is 4.79 Å². The zero-order valence-electron chi connectivity index (χ0n) is 9.95. The third-order valence-electron chi connectivity index (χ3n) is 3.25. The molecule has 3 nitrogen and oxygen atoms in total. The van der Waals surface area contributed by atoms with Gasteiger partial charge in [-0.1, -0.05) is 12.1 Å². The van der Waals surface area contributed by atoms with Gasteiger partial charge in [0.05, 0.1) is 5.56 Å². The average Bonchev–Trinajstić information content (AvgIpc) is 2.33. The minimum atomic E-state index is 0.104. The van der Waals surface area contributed by atoms with Crippen LogP contribution < -0.4 is 5.73 Å². The van der Waals surface area contributed by atoms with Crippen LogP contribution in [-0.4, -0.2) is 29.9 Å². The van der Waals surface area contributed by atoms with E-state index in [0.29, 0.717) is 0 Å². The molecule has 17 heavy (non-hydrogen) atoms. The lowest BCUT2D eigenvalue weighted by molar-refractivity contribution is 0.0713. The summed E-state index contributed by atoms with van der Waals surface area (Å²) in [5, 5.41) is 0. The van der Waals surface area contributed by atoms with Crippen molar-refractivity contribution in [2.45, 2.75) is 25.8 Å².